The number of hydrogen-bond donors (Lipinski definition) is 0. The lowest BCUT2D eigenvalue weighted by atomic mass is 9.90. The van der Waals surface area contributed by atoms with E-state index in [2.05, 4.69) is 59.9 Å². The standard InChI is InChI=1S/C22H28N4S/c1-14-10-19(11-15(2)23-14)12-18-6-5-9-26(13-18)16(3)20-7-8-21-22(25-20)24-17(4)27-21/h7-8,10-11,16,18H,5-6,9,12-13H2,1-4H3/t16-,18-/m1/s1. The number of thiazole rings is 1. The van der Waals surface area contributed by atoms with Crippen molar-refractivity contribution in [3.05, 3.63) is 51.9 Å². The number of nitrogens with zero attached hydrogens (tertiary/aromatic N) is 4. The highest BCUT2D eigenvalue weighted by molar-refractivity contribution is 7.18. The maximum absolute atomic E-state index is 4.85. The molecule has 0 amide bonds. The quantitative estimate of drug-likeness (QED) is 0.637. The SMILES string of the molecule is Cc1cc(C[C@H]2CCCN([C@H](C)c3ccc4sc(C)nc4n3)C2)cc(C)n1. The number of hydrogen-bond acceptors (Lipinski definition) is 5. The molecule has 0 aromatic carbocycles. The average Bonchev–Trinajstić information content (AvgIpc) is 2.99. The van der Waals surface area contributed by atoms with Crippen molar-refractivity contribution in [2.45, 2.75) is 53.0 Å². The fourth-order valence-electron chi connectivity index (χ4n) is 4.35. The first-order valence-corrected chi connectivity index (χ1v) is 10.7. The highest BCUT2D eigenvalue weighted by Gasteiger charge is 2.25. The van der Waals surface area contributed by atoms with Crippen LogP contribution in [0.3, 0.4) is 0 Å². The van der Waals surface area contributed by atoms with Gasteiger partial charge in [0.1, 0.15) is 0 Å². The van der Waals surface area contributed by atoms with Crippen molar-refractivity contribution in [2.75, 3.05) is 13.1 Å². The van der Waals surface area contributed by atoms with E-state index < -0.39 is 0 Å². The smallest absolute Gasteiger partial charge is 0.170 e. The minimum atomic E-state index is 0.333. The lowest BCUT2D eigenvalue weighted by Gasteiger charge is -2.36. The van der Waals surface area contributed by atoms with Crippen LogP contribution in [0.5, 0.6) is 0 Å². The molecule has 2 atom stereocenters. The number of piperidine rings is 1. The first-order chi connectivity index (χ1) is 13.0. The van der Waals surface area contributed by atoms with Crippen LogP contribution in [0.4, 0.5) is 0 Å². The van der Waals surface area contributed by atoms with Crippen molar-refractivity contribution in [3.63, 3.8) is 0 Å². The number of rotatable bonds is 4. The highest BCUT2D eigenvalue weighted by Crippen LogP contribution is 2.29. The van der Waals surface area contributed by atoms with Gasteiger partial charge in [-0.1, -0.05) is 0 Å². The summed E-state index contributed by atoms with van der Waals surface area (Å²) >= 11 is 1.72. The predicted molar refractivity (Wildman–Crippen MR) is 112 cm³/mol. The Hall–Kier alpha value is -1.85. The van der Waals surface area contributed by atoms with E-state index in [1.807, 2.05) is 6.92 Å². The minimum absolute atomic E-state index is 0.333. The third kappa shape index (κ3) is 4.19. The Morgan fingerprint density at radius 1 is 1.11 bits per heavy atom. The number of aromatic nitrogens is 3. The van der Waals surface area contributed by atoms with Crippen LogP contribution < -0.4 is 0 Å². The molecule has 0 radical (unpaired) electrons. The lowest BCUT2D eigenvalue weighted by Crippen LogP contribution is -2.38. The molecule has 0 saturated carbocycles. The van der Waals surface area contributed by atoms with Gasteiger partial charge in [-0.15, -0.1) is 11.3 Å². The molecule has 27 heavy (non-hydrogen) atoms. The zero-order valence-corrected chi connectivity index (χ0v) is 17.5. The Kier molecular flexibility index (Phi) is 5.24. The van der Waals surface area contributed by atoms with Crippen molar-refractivity contribution in [1.29, 1.82) is 0 Å². The Labute approximate surface area is 165 Å². The van der Waals surface area contributed by atoms with Crippen LogP contribution in [0, 0.1) is 26.7 Å². The van der Waals surface area contributed by atoms with Gasteiger partial charge in [0.05, 0.1) is 15.4 Å². The van der Waals surface area contributed by atoms with Crippen LogP contribution in [0.15, 0.2) is 24.3 Å². The molecule has 4 rings (SSSR count). The summed E-state index contributed by atoms with van der Waals surface area (Å²) < 4.78 is 1.18. The minimum Gasteiger partial charge on any atom is -0.295 e. The largest absolute Gasteiger partial charge is 0.295 e. The average molecular weight is 381 g/mol. The summed E-state index contributed by atoms with van der Waals surface area (Å²) in [6.45, 7) is 10.8. The second-order valence-corrected chi connectivity index (χ2v) is 9.17. The van der Waals surface area contributed by atoms with Gasteiger partial charge in [-0.05, 0) is 89.2 Å². The molecule has 1 aliphatic heterocycles. The van der Waals surface area contributed by atoms with E-state index in [0.29, 0.717) is 12.0 Å². The summed E-state index contributed by atoms with van der Waals surface area (Å²) in [5.41, 5.74) is 5.73. The van der Waals surface area contributed by atoms with E-state index in [9.17, 15) is 0 Å². The van der Waals surface area contributed by atoms with Gasteiger partial charge in [0.2, 0.25) is 0 Å². The van der Waals surface area contributed by atoms with Gasteiger partial charge in [-0.2, -0.15) is 0 Å². The van der Waals surface area contributed by atoms with E-state index in [1.165, 1.54) is 23.1 Å². The van der Waals surface area contributed by atoms with Crippen LogP contribution in [-0.2, 0) is 6.42 Å². The zero-order chi connectivity index (χ0) is 19.0. The van der Waals surface area contributed by atoms with Gasteiger partial charge in [-0.3, -0.25) is 9.88 Å². The first kappa shape index (κ1) is 18.5. The van der Waals surface area contributed by atoms with Gasteiger partial charge in [0.25, 0.3) is 0 Å². The van der Waals surface area contributed by atoms with Crippen molar-refractivity contribution in [1.82, 2.24) is 19.9 Å². The molecule has 0 spiro atoms. The van der Waals surface area contributed by atoms with Crippen molar-refractivity contribution >= 4 is 21.7 Å². The molecule has 3 aromatic heterocycles. The maximum atomic E-state index is 4.85. The van der Waals surface area contributed by atoms with Gasteiger partial charge in [0, 0.05) is 24.0 Å². The highest BCUT2D eigenvalue weighted by atomic mass is 32.1. The zero-order valence-electron chi connectivity index (χ0n) is 16.7. The van der Waals surface area contributed by atoms with Crippen LogP contribution in [-0.4, -0.2) is 32.9 Å². The topological polar surface area (TPSA) is 41.9 Å². The second kappa shape index (κ2) is 7.64. The molecule has 0 N–H and O–H groups in total. The Bertz CT molecular complexity index is 928. The Balaban J connectivity index is 1.47. The normalized spacial score (nSPS) is 19.5. The predicted octanol–water partition coefficient (Wildman–Crippen LogP) is 5.03. The van der Waals surface area contributed by atoms with Crippen molar-refractivity contribution < 1.29 is 0 Å². The Morgan fingerprint density at radius 2 is 1.89 bits per heavy atom. The third-order valence-corrected chi connectivity index (χ3v) is 6.50. The molecule has 4 heterocycles. The van der Waals surface area contributed by atoms with E-state index in [4.69, 9.17) is 4.98 Å². The summed E-state index contributed by atoms with van der Waals surface area (Å²) in [5, 5.41) is 1.09. The fraction of sp³-hybridized carbons (Fsp3) is 0.500. The second-order valence-electron chi connectivity index (χ2n) is 7.93. The maximum Gasteiger partial charge on any atom is 0.170 e. The third-order valence-electron chi connectivity index (χ3n) is 5.57. The van der Waals surface area contributed by atoms with E-state index in [0.717, 1.165) is 47.2 Å². The summed E-state index contributed by atoms with van der Waals surface area (Å²) in [7, 11) is 0. The number of fused-ring (bicyclic) bond motifs is 1. The van der Waals surface area contributed by atoms with Crippen LogP contribution >= 0.6 is 11.3 Å². The molecule has 0 aliphatic carbocycles. The number of pyridine rings is 2. The molecule has 1 saturated heterocycles. The molecule has 5 heteroatoms. The van der Waals surface area contributed by atoms with Crippen LogP contribution in [0.25, 0.3) is 10.3 Å². The molecule has 0 unspecified atom stereocenters. The summed E-state index contributed by atoms with van der Waals surface area (Å²) in [6.07, 6.45) is 3.71. The fourth-order valence-corrected chi connectivity index (χ4v) is 5.12. The van der Waals surface area contributed by atoms with E-state index >= 15 is 0 Å². The molecular formula is C22H28N4S. The summed E-state index contributed by atoms with van der Waals surface area (Å²) in [4.78, 5) is 16.5. The van der Waals surface area contributed by atoms with Gasteiger partial charge in [0.15, 0.2) is 5.65 Å². The molecule has 1 aliphatic rings. The van der Waals surface area contributed by atoms with E-state index in [1.54, 1.807) is 11.3 Å². The van der Waals surface area contributed by atoms with Gasteiger partial charge >= 0.3 is 0 Å². The monoisotopic (exact) mass is 380 g/mol. The molecule has 142 valence electrons. The molecule has 1 fully saturated rings. The molecule has 0 bridgehead atoms. The van der Waals surface area contributed by atoms with Crippen LogP contribution in [0.1, 0.15) is 53.5 Å². The number of aryl methyl sites for hydroxylation is 3. The first-order valence-electron chi connectivity index (χ1n) is 9.90. The Morgan fingerprint density at radius 3 is 2.67 bits per heavy atom. The van der Waals surface area contributed by atoms with E-state index in [-0.39, 0.29) is 0 Å². The lowest BCUT2D eigenvalue weighted by molar-refractivity contribution is 0.129. The van der Waals surface area contributed by atoms with Crippen molar-refractivity contribution in [3.8, 4) is 0 Å². The molecular weight excluding hydrogens is 352 g/mol. The molecule has 4 nitrogen and oxygen atoms in total. The van der Waals surface area contributed by atoms with Gasteiger partial charge < -0.3 is 0 Å². The van der Waals surface area contributed by atoms with Crippen LogP contribution in [0.2, 0.25) is 0 Å². The summed E-state index contributed by atoms with van der Waals surface area (Å²) in [5.74, 6) is 0.702. The summed E-state index contributed by atoms with van der Waals surface area (Å²) in [6, 6.07) is 9.19. The molecule has 3 aromatic rings. The number of likely N-dealkylation sites (tertiary alicyclic amines) is 1. The van der Waals surface area contributed by atoms with Crippen molar-refractivity contribution in [2.24, 2.45) is 5.92 Å². The van der Waals surface area contributed by atoms with Gasteiger partial charge in [-0.25, -0.2) is 9.97 Å².